The Labute approximate surface area is 135 Å². The fourth-order valence-corrected chi connectivity index (χ4v) is 5.19. The third-order valence-electron chi connectivity index (χ3n) is 3.67. The molecular weight excluding hydrogens is 320 g/mol. The first kappa shape index (κ1) is 16.8. The van der Waals surface area contributed by atoms with E-state index in [1.54, 1.807) is 17.0 Å². The maximum absolute atomic E-state index is 12.4. The first-order chi connectivity index (χ1) is 10.5. The summed E-state index contributed by atoms with van der Waals surface area (Å²) in [6.45, 7) is 2.36. The zero-order chi connectivity index (χ0) is 16.2. The van der Waals surface area contributed by atoms with Crippen molar-refractivity contribution in [3.05, 3.63) is 29.8 Å². The largest absolute Gasteiger partial charge is 0.338 e. The fraction of sp³-hybridized carbons (Fsp3) is 0.467. The van der Waals surface area contributed by atoms with Crippen molar-refractivity contribution in [2.75, 3.05) is 23.8 Å². The van der Waals surface area contributed by atoms with Gasteiger partial charge in [-0.3, -0.25) is 4.79 Å². The molecule has 7 heteroatoms. The number of sulfone groups is 1. The van der Waals surface area contributed by atoms with Gasteiger partial charge < -0.3 is 4.90 Å². The van der Waals surface area contributed by atoms with Crippen molar-refractivity contribution >= 4 is 27.5 Å². The highest BCUT2D eigenvalue weighted by Crippen LogP contribution is 2.24. The van der Waals surface area contributed by atoms with Crippen LogP contribution in [-0.4, -0.2) is 49.1 Å². The van der Waals surface area contributed by atoms with Gasteiger partial charge in [0.25, 0.3) is 0 Å². The number of hydrogen-bond donors (Lipinski definition) is 0. The SMILES string of the molecule is CCN(C(=O)CSc1ccccc1C#N)[C@@H]1CCS(=O)(=O)C1. The Hall–Kier alpha value is -1.52. The minimum absolute atomic E-state index is 0.0615. The summed E-state index contributed by atoms with van der Waals surface area (Å²) in [4.78, 5) is 14.8. The smallest absolute Gasteiger partial charge is 0.233 e. The first-order valence-electron chi connectivity index (χ1n) is 7.08. The van der Waals surface area contributed by atoms with Crippen LogP contribution in [0.1, 0.15) is 18.9 Å². The Bertz CT molecular complexity index is 695. The van der Waals surface area contributed by atoms with Crippen LogP contribution in [0.15, 0.2) is 29.2 Å². The molecular formula is C15H18N2O3S2. The molecule has 1 fully saturated rings. The van der Waals surface area contributed by atoms with E-state index in [0.717, 1.165) is 4.90 Å². The Balaban J connectivity index is 2.00. The minimum Gasteiger partial charge on any atom is -0.338 e. The Kier molecular flexibility index (Phi) is 5.48. The lowest BCUT2D eigenvalue weighted by molar-refractivity contribution is -0.129. The molecule has 0 saturated carbocycles. The molecule has 1 aromatic carbocycles. The molecule has 1 aliphatic rings. The van der Waals surface area contributed by atoms with Crippen LogP contribution in [0.3, 0.4) is 0 Å². The topological polar surface area (TPSA) is 78.2 Å². The summed E-state index contributed by atoms with van der Waals surface area (Å²) < 4.78 is 23.1. The lowest BCUT2D eigenvalue weighted by Gasteiger charge is -2.26. The molecule has 2 rings (SSSR count). The highest BCUT2D eigenvalue weighted by Gasteiger charge is 2.33. The summed E-state index contributed by atoms with van der Waals surface area (Å²) in [5.41, 5.74) is 0.548. The van der Waals surface area contributed by atoms with Gasteiger partial charge in [-0.1, -0.05) is 12.1 Å². The monoisotopic (exact) mass is 338 g/mol. The van der Waals surface area contributed by atoms with Crippen LogP contribution in [0.4, 0.5) is 0 Å². The van der Waals surface area contributed by atoms with Crippen LogP contribution in [0, 0.1) is 11.3 Å². The van der Waals surface area contributed by atoms with E-state index in [2.05, 4.69) is 6.07 Å². The second-order valence-corrected chi connectivity index (χ2v) is 8.38. The summed E-state index contributed by atoms with van der Waals surface area (Å²) in [7, 11) is -3.01. The molecule has 0 unspecified atom stereocenters. The van der Waals surface area contributed by atoms with E-state index in [1.807, 2.05) is 19.1 Å². The number of amides is 1. The van der Waals surface area contributed by atoms with Crippen molar-refractivity contribution in [2.24, 2.45) is 0 Å². The lowest BCUT2D eigenvalue weighted by atomic mass is 10.2. The zero-order valence-corrected chi connectivity index (χ0v) is 14.0. The highest BCUT2D eigenvalue weighted by molar-refractivity contribution is 8.00. The van der Waals surface area contributed by atoms with Gasteiger partial charge in [-0.15, -0.1) is 11.8 Å². The van der Waals surface area contributed by atoms with Crippen molar-refractivity contribution < 1.29 is 13.2 Å². The quantitative estimate of drug-likeness (QED) is 0.763. The number of carbonyl (C=O) groups excluding carboxylic acids is 1. The average molecular weight is 338 g/mol. The standard InChI is InChI=1S/C15H18N2O3S2/c1-2-17(13-7-8-22(19,20)11-13)15(18)10-21-14-6-4-3-5-12(14)9-16/h3-6,13H,2,7-8,10-11H2,1H3/t13-/m1/s1. The molecule has 1 aliphatic heterocycles. The van der Waals surface area contributed by atoms with E-state index < -0.39 is 9.84 Å². The zero-order valence-electron chi connectivity index (χ0n) is 12.4. The van der Waals surface area contributed by atoms with Gasteiger partial charge in [-0.25, -0.2) is 8.42 Å². The number of thioether (sulfide) groups is 1. The van der Waals surface area contributed by atoms with Crippen LogP contribution in [0.2, 0.25) is 0 Å². The molecule has 1 heterocycles. The highest BCUT2D eigenvalue weighted by atomic mass is 32.2. The predicted octanol–water partition coefficient (Wildman–Crippen LogP) is 1.69. The van der Waals surface area contributed by atoms with Gasteiger partial charge in [-0.05, 0) is 25.5 Å². The molecule has 0 aliphatic carbocycles. The minimum atomic E-state index is -3.01. The molecule has 1 amide bonds. The molecule has 1 aromatic rings. The van der Waals surface area contributed by atoms with Gasteiger partial charge in [0.05, 0.1) is 22.8 Å². The Morgan fingerprint density at radius 2 is 2.18 bits per heavy atom. The maximum atomic E-state index is 12.4. The number of rotatable bonds is 5. The fourth-order valence-electron chi connectivity index (χ4n) is 2.57. The molecule has 118 valence electrons. The second-order valence-electron chi connectivity index (χ2n) is 5.13. The van der Waals surface area contributed by atoms with Crippen LogP contribution in [0.25, 0.3) is 0 Å². The van der Waals surface area contributed by atoms with Gasteiger partial charge in [-0.2, -0.15) is 5.26 Å². The predicted molar refractivity (Wildman–Crippen MR) is 86.3 cm³/mol. The van der Waals surface area contributed by atoms with Crippen LogP contribution < -0.4 is 0 Å². The third-order valence-corrected chi connectivity index (χ3v) is 6.48. The van der Waals surface area contributed by atoms with Crippen molar-refractivity contribution in [1.82, 2.24) is 4.90 Å². The van der Waals surface area contributed by atoms with E-state index in [0.29, 0.717) is 18.5 Å². The van der Waals surface area contributed by atoms with Crippen LogP contribution in [-0.2, 0) is 14.6 Å². The number of nitrogens with zero attached hydrogens (tertiary/aromatic N) is 2. The van der Waals surface area contributed by atoms with Gasteiger partial charge in [0.2, 0.25) is 5.91 Å². The van der Waals surface area contributed by atoms with E-state index in [-0.39, 0.29) is 29.2 Å². The molecule has 0 N–H and O–H groups in total. The summed E-state index contributed by atoms with van der Waals surface area (Å²) in [5.74, 6) is 0.350. The number of nitriles is 1. The van der Waals surface area contributed by atoms with Gasteiger partial charge >= 0.3 is 0 Å². The third kappa shape index (κ3) is 4.02. The number of benzene rings is 1. The van der Waals surface area contributed by atoms with Crippen molar-refractivity contribution in [2.45, 2.75) is 24.3 Å². The number of hydrogen-bond acceptors (Lipinski definition) is 5. The lowest BCUT2D eigenvalue weighted by Crippen LogP contribution is -2.41. The number of carbonyl (C=O) groups is 1. The van der Waals surface area contributed by atoms with Crippen molar-refractivity contribution in [3.63, 3.8) is 0 Å². The second kappa shape index (κ2) is 7.16. The van der Waals surface area contributed by atoms with E-state index in [9.17, 15) is 13.2 Å². The molecule has 0 bridgehead atoms. The molecule has 5 nitrogen and oxygen atoms in total. The molecule has 1 saturated heterocycles. The van der Waals surface area contributed by atoms with Crippen LogP contribution >= 0.6 is 11.8 Å². The normalized spacial score (nSPS) is 19.5. The Morgan fingerprint density at radius 3 is 2.77 bits per heavy atom. The molecule has 0 radical (unpaired) electrons. The molecule has 0 spiro atoms. The van der Waals surface area contributed by atoms with Crippen molar-refractivity contribution in [3.8, 4) is 6.07 Å². The maximum Gasteiger partial charge on any atom is 0.233 e. The first-order valence-corrected chi connectivity index (χ1v) is 9.89. The van der Waals surface area contributed by atoms with Gasteiger partial charge in [0.1, 0.15) is 6.07 Å². The summed E-state index contributed by atoms with van der Waals surface area (Å²) in [6.07, 6.45) is 0.515. The van der Waals surface area contributed by atoms with Crippen molar-refractivity contribution in [1.29, 1.82) is 5.26 Å². The van der Waals surface area contributed by atoms with Gasteiger partial charge in [0.15, 0.2) is 9.84 Å². The summed E-state index contributed by atoms with van der Waals surface area (Å²) in [6, 6.07) is 9.03. The molecule has 22 heavy (non-hydrogen) atoms. The Morgan fingerprint density at radius 1 is 1.45 bits per heavy atom. The van der Waals surface area contributed by atoms with E-state index >= 15 is 0 Å². The average Bonchev–Trinajstić information content (AvgIpc) is 2.86. The van der Waals surface area contributed by atoms with E-state index in [1.165, 1.54) is 11.8 Å². The molecule has 1 atom stereocenters. The summed E-state index contributed by atoms with van der Waals surface area (Å²) >= 11 is 1.32. The van der Waals surface area contributed by atoms with Crippen LogP contribution in [0.5, 0.6) is 0 Å². The van der Waals surface area contributed by atoms with Gasteiger partial charge in [0, 0.05) is 17.5 Å². The summed E-state index contributed by atoms with van der Waals surface area (Å²) in [5, 5.41) is 9.04. The molecule has 0 aromatic heterocycles. The van der Waals surface area contributed by atoms with E-state index in [4.69, 9.17) is 5.26 Å².